The van der Waals surface area contributed by atoms with Crippen LogP contribution >= 0.6 is 11.3 Å². The van der Waals surface area contributed by atoms with Gasteiger partial charge < -0.3 is 0 Å². The highest BCUT2D eigenvalue weighted by atomic mass is 32.1. The van der Waals surface area contributed by atoms with Crippen LogP contribution in [0.15, 0.2) is 42.6 Å². The van der Waals surface area contributed by atoms with Crippen molar-refractivity contribution in [3.05, 3.63) is 54.1 Å². The number of nitrogens with zero attached hydrogens (tertiary/aromatic N) is 2. The molecule has 0 aliphatic carbocycles. The highest BCUT2D eigenvalue weighted by Crippen LogP contribution is 2.28. The van der Waals surface area contributed by atoms with Gasteiger partial charge in [-0.15, -0.1) is 0 Å². The predicted octanol–water partition coefficient (Wildman–Crippen LogP) is 3.08. The van der Waals surface area contributed by atoms with E-state index in [-0.39, 0.29) is 11.7 Å². The molecule has 6 heteroatoms. The molecule has 0 bridgehead atoms. The van der Waals surface area contributed by atoms with Crippen LogP contribution in [0.3, 0.4) is 0 Å². The van der Waals surface area contributed by atoms with Crippen LogP contribution in [-0.2, 0) is 0 Å². The molecule has 2 heterocycles. The van der Waals surface area contributed by atoms with Gasteiger partial charge in [-0.3, -0.25) is 15.1 Å². The van der Waals surface area contributed by atoms with Crippen LogP contribution in [0.5, 0.6) is 0 Å². The lowest BCUT2D eigenvalue weighted by atomic mass is 10.3. The number of hydrogen-bond donors (Lipinski definition) is 1. The van der Waals surface area contributed by atoms with E-state index < -0.39 is 0 Å². The summed E-state index contributed by atoms with van der Waals surface area (Å²) in [4.78, 5) is 20.0. The van der Waals surface area contributed by atoms with Gasteiger partial charge in [-0.05, 0) is 24.3 Å². The van der Waals surface area contributed by atoms with E-state index in [9.17, 15) is 9.18 Å². The Bertz CT molecular complexity index is 742. The fraction of sp³-hybridized carbons (Fsp3) is 0. The summed E-state index contributed by atoms with van der Waals surface area (Å²) in [6.45, 7) is 0. The Morgan fingerprint density at radius 1 is 1.21 bits per heavy atom. The third-order valence-corrected chi connectivity index (χ3v) is 3.48. The molecule has 0 saturated heterocycles. The topological polar surface area (TPSA) is 54.9 Å². The molecule has 0 fully saturated rings. The van der Waals surface area contributed by atoms with E-state index >= 15 is 0 Å². The number of amides is 1. The number of carbonyl (C=O) groups excluding carboxylic acids is 1. The number of pyridine rings is 1. The minimum absolute atomic E-state index is 0.294. The van der Waals surface area contributed by atoms with E-state index in [0.717, 1.165) is 11.3 Å². The van der Waals surface area contributed by atoms with Gasteiger partial charge in [-0.25, -0.2) is 9.37 Å². The summed E-state index contributed by atoms with van der Waals surface area (Å²) in [6.07, 6.45) is 1.53. The standard InChI is InChI=1S/C13H8FN3OS/c14-8-4-3-6-9-11(8)19-13(16-9)17-12(18)10-5-1-2-7-15-10/h1-7H,(H,16,17,18). The summed E-state index contributed by atoms with van der Waals surface area (Å²) in [7, 11) is 0. The number of halogens is 1. The third-order valence-electron chi connectivity index (χ3n) is 2.48. The second-order valence-corrected chi connectivity index (χ2v) is 4.78. The van der Waals surface area contributed by atoms with Gasteiger partial charge in [0.1, 0.15) is 11.5 Å². The Morgan fingerprint density at radius 2 is 2.11 bits per heavy atom. The molecule has 0 aliphatic heterocycles. The Balaban J connectivity index is 1.90. The first-order chi connectivity index (χ1) is 9.24. The van der Waals surface area contributed by atoms with Crippen molar-refractivity contribution in [3.8, 4) is 0 Å². The molecule has 3 rings (SSSR count). The maximum absolute atomic E-state index is 13.5. The van der Waals surface area contributed by atoms with Gasteiger partial charge in [0, 0.05) is 6.20 Å². The zero-order valence-corrected chi connectivity index (χ0v) is 10.4. The van der Waals surface area contributed by atoms with Crippen molar-refractivity contribution in [2.24, 2.45) is 0 Å². The Hall–Kier alpha value is -2.34. The maximum Gasteiger partial charge on any atom is 0.276 e. The second kappa shape index (κ2) is 4.74. The molecule has 0 saturated carbocycles. The lowest BCUT2D eigenvalue weighted by molar-refractivity contribution is 0.102. The first-order valence-electron chi connectivity index (χ1n) is 5.51. The number of rotatable bonds is 2. The molecule has 1 amide bonds. The summed E-state index contributed by atoms with van der Waals surface area (Å²) in [6, 6.07) is 9.70. The number of anilines is 1. The number of benzene rings is 1. The summed E-state index contributed by atoms with van der Waals surface area (Å²) < 4.78 is 13.9. The average Bonchev–Trinajstić information content (AvgIpc) is 2.84. The molecule has 2 aromatic heterocycles. The molecule has 1 aromatic carbocycles. The molecule has 94 valence electrons. The van der Waals surface area contributed by atoms with E-state index in [2.05, 4.69) is 15.3 Å². The maximum atomic E-state index is 13.5. The van der Waals surface area contributed by atoms with Crippen LogP contribution in [-0.4, -0.2) is 15.9 Å². The SMILES string of the molecule is O=C(Nc1nc2cccc(F)c2s1)c1ccccn1. The zero-order valence-electron chi connectivity index (χ0n) is 9.63. The van der Waals surface area contributed by atoms with E-state index in [1.165, 1.54) is 12.3 Å². The van der Waals surface area contributed by atoms with Gasteiger partial charge in [0.15, 0.2) is 5.13 Å². The van der Waals surface area contributed by atoms with Crippen molar-refractivity contribution in [1.82, 2.24) is 9.97 Å². The van der Waals surface area contributed by atoms with E-state index in [1.54, 1.807) is 30.3 Å². The van der Waals surface area contributed by atoms with E-state index in [4.69, 9.17) is 0 Å². The molecule has 19 heavy (non-hydrogen) atoms. The zero-order chi connectivity index (χ0) is 13.2. The molecule has 0 spiro atoms. The van der Waals surface area contributed by atoms with Crippen molar-refractivity contribution in [1.29, 1.82) is 0 Å². The molecule has 0 atom stereocenters. The monoisotopic (exact) mass is 273 g/mol. The molecular formula is C13H8FN3OS. The van der Waals surface area contributed by atoms with Gasteiger partial charge in [0.05, 0.1) is 10.2 Å². The Labute approximate surface area is 111 Å². The molecule has 1 N–H and O–H groups in total. The summed E-state index contributed by atoms with van der Waals surface area (Å²) >= 11 is 1.10. The highest BCUT2D eigenvalue weighted by Gasteiger charge is 2.12. The lowest BCUT2D eigenvalue weighted by Gasteiger charge is -1.99. The number of hydrogen-bond acceptors (Lipinski definition) is 4. The smallest absolute Gasteiger partial charge is 0.276 e. The van der Waals surface area contributed by atoms with Crippen molar-refractivity contribution < 1.29 is 9.18 Å². The summed E-state index contributed by atoms with van der Waals surface area (Å²) in [5.41, 5.74) is 0.823. The van der Waals surface area contributed by atoms with Crippen LogP contribution in [0.25, 0.3) is 10.2 Å². The molecule has 3 aromatic rings. The predicted molar refractivity (Wildman–Crippen MR) is 71.8 cm³/mol. The van der Waals surface area contributed by atoms with Crippen LogP contribution in [0.4, 0.5) is 9.52 Å². The van der Waals surface area contributed by atoms with Gasteiger partial charge in [-0.1, -0.05) is 23.5 Å². The third kappa shape index (κ3) is 2.30. The minimum Gasteiger partial charge on any atom is -0.296 e. The largest absolute Gasteiger partial charge is 0.296 e. The quantitative estimate of drug-likeness (QED) is 0.780. The van der Waals surface area contributed by atoms with E-state index in [0.29, 0.717) is 21.0 Å². The van der Waals surface area contributed by atoms with Gasteiger partial charge >= 0.3 is 0 Å². The first-order valence-corrected chi connectivity index (χ1v) is 6.33. The van der Waals surface area contributed by atoms with Crippen LogP contribution in [0.1, 0.15) is 10.5 Å². The average molecular weight is 273 g/mol. The van der Waals surface area contributed by atoms with Crippen LogP contribution in [0, 0.1) is 5.82 Å². The number of thiazole rings is 1. The van der Waals surface area contributed by atoms with Gasteiger partial charge in [0.25, 0.3) is 5.91 Å². The summed E-state index contributed by atoms with van der Waals surface area (Å²) in [5.74, 6) is -0.701. The molecule has 0 aliphatic rings. The van der Waals surface area contributed by atoms with Gasteiger partial charge in [0.2, 0.25) is 0 Å². The van der Waals surface area contributed by atoms with Gasteiger partial charge in [-0.2, -0.15) is 0 Å². The van der Waals surface area contributed by atoms with Crippen molar-refractivity contribution in [2.75, 3.05) is 5.32 Å². The molecular weight excluding hydrogens is 265 g/mol. The Morgan fingerprint density at radius 3 is 2.84 bits per heavy atom. The van der Waals surface area contributed by atoms with Crippen molar-refractivity contribution in [3.63, 3.8) is 0 Å². The van der Waals surface area contributed by atoms with Crippen molar-refractivity contribution >= 4 is 32.6 Å². The first kappa shape index (κ1) is 11.7. The van der Waals surface area contributed by atoms with Crippen molar-refractivity contribution in [2.45, 2.75) is 0 Å². The van der Waals surface area contributed by atoms with Crippen LogP contribution in [0.2, 0.25) is 0 Å². The fourth-order valence-corrected chi connectivity index (χ4v) is 2.49. The number of nitrogens with one attached hydrogen (secondary N) is 1. The minimum atomic E-state index is -0.361. The lowest BCUT2D eigenvalue weighted by Crippen LogP contribution is -2.12. The number of carbonyl (C=O) groups is 1. The molecule has 0 unspecified atom stereocenters. The van der Waals surface area contributed by atoms with E-state index in [1.807, 2.05) is 0 Å². The number of fused-ring (bicyclic) bond motifs is 1. The highest BCUT2D eigenvalue weighted by molar-refractivity contribution is 7.22. The number of aromatic nitrogens is 2. The summed E-state index contributed by atoms with van der Waals surface area (Å²) in [5, 5.41) is 2.97. The Kier molecular flexibility index (Phi) is 2.92. The fourth-order valence-electron chi connectivity index (χ4n) is 1.63. The van der Waals surface area contributed by atoms with Crippen LogP contribution < -0.4 is 5.32 Å². The molecule has 4 nitrogen and oxygen atoms in total. The molecule has 0 radical (unpaired) electrons. The second-order valence-electron chi connectivity index (χ2n) is 3.78. The normalized spacial score (nSPS) is 10.6.